The molecule has 5 nitrogen and oxygen atoms in total. The molecule has 4 rings (SSSR count). The van der Waals surface area contributed by atoms with Gasteiger partial charge in [0.05, 0.1) is 6.10 Å². The van der Waals surface area contributed by atoms with Gasteiger partial charge in [-0.1, -0.05) is 96.7 Å². The maximum Gasteiger partial charge on any atom is 0.303 e. The van der Waals surface area contributed by atoms with Crippen LogP contribution >= 0.6 is 0 Å². The smallest absolute Gasteiger partial charge is 0.303 e. The zero-order chi connectivity index (χ0) is 31.0. The lowest BCUT2D eigenvalue weighted by molar-refractivity contribution is -0.165. The number of carbonyl (C=O) groups excluding carboxylic acids is 2. The Kier molecular flexibility index (Phi) is 9.49. The Labute approximate surface area is 255 Å². The van der Waals surface area contributed by atoms with Crippen molar-refractivity contribution in [1.29, 1.82) is 0 Å². The fourth-order valence-corrected chi connectivity index (χ4v) is 8.75. The van der Waals surface area contributed by atoms with Crippen molar-refractivity contribution in [2.24, 2.45) is 35.0 Å². The van der Waals surface area contributed by atoms with Crippen LogP contribution in [0.15, 0.2) is 66.8 Å². The minimum Gasteiger partial charge on any atom is -0.457 e. The van der Waals surface area contributed by atoms with Crippen LogP contribution in [0, 0.1) is 35.0 Å². The van der Waals surface area contributed by atoms with Gasteiger partial charge in [0.15, 0.2) is 8.32 Å². The number of carbonyl (C=O) groups is 2. The highest BCUT2D eigenvalue weighted by molar-refractivity contribution is 6.74. The van der Waals surface area contributed by atoms with Crippen molar-refractivity contribution in [1.82, 2.24) is 5.32 Å². The summed E-state index contributed by atoms with van der Waals surface area (Å²) in [7, 11) is -2.28. The predicted octanol–water partition coefficient (Wildman–Crippen LogP) is 7.65. The van der Waals surface area contributed by atoms with E-state index in [9.17, 15) is 9.59 Å². The first-order chi connectivity index (χ1) is 19.6. The third kappa shape index (κ3) is 6.12. The van der Waals surface area contributed by atoms with Crippen molar-refractivity contribution in [3.05, 3.63) is 72.4 Å². The van der Waals surface area contributed by atoms with Gasteiger partial charge < -0.3 is 14.5 Å². The summed E-state index contributed by atoms with van der Waals surface area (Å²) >= 11 is 0. The normalized spacial score (nSPS) is 37.1. The van der Waals surface area contributed by atoms with E-state index in [1.807, 2.05) is 24.3 Å². The average molecular weight is 592 g/mol. The van der Waals surface area contributed by atoms with E-state index in [-0.39, 0.29) is 52.7 Å². The minimum atomic E-state index is -2.28. The number of hydrogen-bond acceptors (Lipinski definition) is 4. The molecule has 230 valence electrons. The van der Waals surface area contributed by atoms with Crippen molar-refractivity contribution in [2.75, 3.05) is 0 Å². The van der Waals surface area contributed by atoms with Gasteiger partial charge in [0.2, 0.25) is 5.91 Å². The van der Waals surface area contributed by atoms with E-state index in [2.05, 4.69) is 96.9 Å². The Balaban J connectivity index is 1.97. The molecule has 2 aliphatic carbocycles. The van der Waals surface area contributed by atoms with Crippen molar-refractivity contribution >= 4 is 20.2 Å². The van der Waals surface area contributed by atoms with Crippen molar-refractivity contribution in [3.63, 3.8) is 0 Å². The summed E-state index contributed by atoms with van der Waals surface area (Å²) in [4.78, 5) is 27.5. The second kappa shape index (κ2) is 12.3. The zero-order valence-corrected chi connectivity index (χ0v) is 28.3. The lowest BCUT2D eigenvalue weighted by atomic mass is 9.51. The standard InChI is InChI=1S/C36H53NO4Si/c1-23-15-14-18-29-33(41-42(9,10)35(6,7)8)26(4)25(3)32-30(22-28-16-12-11-13-17-28)37-34(39)36(29,32)31(40-27(5)38)20-19-24(2)21-23/h11-14,16-20,23-25,29-33H,4,15,21-22H2,1-3,5-10H3,(H,37,39)/b18-14+,20-19+/t23-,24+,25+,29-,30-,31+,32-,33+,36+/m0/s1. The first-order valence-corrected chi connectivity index (χ1v) is 18.7. The van der Waals surface area contributed by atoms with E-state index < -0.39 is 19.8 Å². The molecule has 0 radical (unpaired) electrons. The number of allylic oxidation sites excluding steroid dienone is 2. The summed E-state index contributed by atoms with van der Waals surface area (Å²) in [5, 5.41) is 3.42. The summed E-state index contributed by atoms with van der Waals surface area (Å²) in [5.41, 5.74) is 1.16. The molecule has 2 fully saturated rings. The van der Waals surface area contributed by atoms with Crippen LogP contribution in [0.25, 0.3) is 0 Å². The van der Waals surface area contributed by atoms with Crippen LogP contribution < -0.4 is 5.32 Å². The molecule has 42 heavy (non-hydrogen) atoms. The van der Waals surface area contributed by atoms with E-state index in [0.717, 1.165) is 18.4 Å². The van der Waals surface area contributed by atoms with Gasteiger partial charge in [-0.3, -0.25) is 9.59 Å². The molecule has 1 saturated carbocycles. The molecule has 0 aromatic heterocycles. The molecule has 1 heterocycles. The monoisotopic (exact) mass is 591 g/mol. The third-order valence-electron chi connectivity index (χ3n) is 10.6. The molecule has 1 spiro atoms. The van der Waals surface area contributed by atoms with Gasteiger partial charge in [-0.25, -0.2) is 0 Å². The van der Waals surface area contributed by atoms with Gasteiger partial charge in [0.1, 0.15) is 11.5 Å². The van der Waals surface area contributed by atoms with E-state index in [1.54, 1.807) is 0 Å². The van der Waals surface area contributed by atoms with Crippen LogP contribution in [0.1, 0.15) is 66.9 Å². The van der Waals surface area contributed by atoms with Gasteiger partial charge >= 0.3 is 5.97 Å². The predicted molar refractivity (Wildman–Crippen MR) is 173 cm³/mol. The van der Waals surface area contributed by atoms with E-state index in [4.69, 9.17) is 9.16 Å². The molecule has 0 unspecified atom stereocenters. The number of nitrogens with one attached hydrogen (secondary N) is 1. The summed E-state index contributed by atoms with van der Waals surface area (Å²) in [6.07, 6.45) is 10.2. The maximum atomic E-state index is 14.8. The Morgan fingerprint density at radius 1 is 1.10 bits per heavy atom. The lowest BCUT2D eigenvalue weighted by Gasteiger charge is -2.55. The van der Waals surface area contributed by atoms with Gasteiger partial charge in [0.25, 0.3) is 0 Å². The first kappa shape index (κ1) is 32.5. The molecule has 1 aromatic rings. The van der Waals surface area contributed by atoms with Crippen molar-refractivity contribution in [2.45, 2.75) is 104 Å². The van der Waals surface area contributed by atoms with Crippen LogP contribution in [-0.2, 0) is 25.2 Å². The number of amides is 1. The van der Waals surface area contributed by atoms with E-state index >= 15 is 0 Å². The topological polar surface area (TPSA) is 64.6 Å². The number of benzene rings is 1. The third-order valence-corrected chi connectivity index (χ3v) is 15.1. The largest absolute Gasteiger partial charge is 0.457 e. The molecular formula is C36H53NO4Si. The first-order valence-electron chi connectivity index (χ1n) is 15.8. The molecule has 1 aliphatic heterocycles. The van der Waals surface area contributed by atoms with Gasteiger partial charge in [-0.2, -0.15) is 0 Å². The molecule has 3 aliphatic rings. The van der Waals surface area contributed by atoms with E-state index in [1.165, 1.54) is 12.5 Å². The molecule has 1 saturated heterocycles. The highest BCUT2D eigenvalue weighted by Gasteiger charge is 2.69. The SMILES string of the molecule is C=C1[C@@H](C)[C@H]2[C@H](Cc3ccccc3)NC(=O)[C@]23[C@H](OC(C)=O)/C=C/[C@@H](C)C[C@@H](C)C/C=C/[C@H]3[C@@H]1O[Si](C)(C)C(C)(C)C. The Hall–Kier alpha value is -2.44. The fraction of sp³-hybridized carbons (Fsp3) is 0.611. The quantitative estimate of drug-likeness (QED) is 0.217. The zero-order valence-electron chi connectivity index (χ0n) is 27.3. The summed E-state index contributed by atoms with van der Waals surface area (Å²) < 4.78 is 13.5. The fourth-order valence-electron chi connectivity index (χ4n) is 7.46. The summed E-state index contributed by atoms with van der Waals surface area (Å²) in [5.74, 6) is -0.184. The molecule has 9 atom stereocenters. The Bertz CT molecular complexity index is 1210. The van der Waals surface area contributed by atoms with E-state index in [0.29, 0.717) is 12.3 Å². The van der Waals surface area contributed by atoms with Crippen molar-refractivity contribution < 1.29 is 18.8 Å². The Morgan fingerprint density at radius 3 is 2.38 bits per heavy atom. The van der Waals surface area contributed by atoms with Crippen molar-refractivity contribution in [3.8, 4) is 0 Å². The van der Waals surface area contributed by atoms with Gasteiger partial charge in [-0.15, -0.1) is 0 Å². The Morgan fingerprint density at radius 2 is 1.76 bits per heavy atom. The minimum absolute atomic E-state index is 0.0232. The van der Waals surface area contributed by atoms with Crippen LogP contribution in [0.2, 0.25) is 18.1 Å². The second-order valence-corrected chi connectivity index (χ2v) is 19.6. The van der Waals surface area contributed by atoms with Crippen LogP contribution in [-0.4, -0.2) is 38.4 Å². The number of esters is 1. The maximum absolute atomic E-state index is 14.8. The second-order valence-electron chi connectivity index (χ2n) is 14.8. The average Bonchev–Trinajstić information content (AvgIpc) is 3.17. The highest BCUT2D eigenvalue weighted by Crippen LogP contribution is 2.60. The lowest BCUT2D eigenvalue weighted by Crippen LogP contribution is -2.62. The molecular weight excluding hydrogens is 538 g/mol. The molecule has 1 amide bonds. The summed E-state index contributed by atoms with van der Waals surface area (Å²) in [6.45, 7) is 24.1. The van der Waals surface area contributed by atoms with Gasteiger partial charge in [-0.05, 0) is 72.4 Å². The number of hydrogen-bond donors (Lipinski definition) is 1. The summed E-state index contributed by atoms with van der Waals surface area (Å²) in [6, 6.07) is 10.2. The molecule has 1 aromatic carbocycles. The van der Waals surface area contributed by atoms with Gasteiger partial charge in [0, 0.05) is 24.8 Å². The molecule has 6 heteroatoms. The van der Waals surface area contributed by atoms with Crippen LogP contribution in [0.3, 0.4) is 0 Å². The number of rotatable bonds is 5. The highest BCUT2D eigenvalue weighted by atomic mass is 28.4. The molecule has 0 bridgehead atoms. The molecule has 1 N–H and O–H groups in total. The van der Waals surface area contributed by atoms with Crippen LogP contribution in [0.5, 0.6) is 0 Å². The van der Waals surface area contributed by atoms with Crippen LogP contribution in [0.4, 0.5) is 0 Å². The number of ether oxygens (including phenoxy) is 1.